The van der Waals surface area contributed by atoms with Crippen molar-refractivity contribution in [2.75, 3.05) is 11.2 Å². The molecule has 0 aliphatic carbocycles. The van der Waals surface area contributed by atoms with E-state index in [1.807, 2.05) is 0 Å². The lowest BCUT2D eigenvalue weighted by Gasteiger charge is -2.27. The number of amides is 1. The second-order valence-electron chi connectivity index (χ2n) is 4.08. The summed E-state index contributed by atoms with van der Waals surface area (Å²) in [6.45, 7) is 0. The van der Waals surface area contributed by atoms with Crippen molar-refractivity contribution < 1.29 is 9.72 Å². The Hall–Kier alpha value is -1.06. The molecule has 1 aromatic rings. The number of rotatable bonds is 5. The van der Waals surface area contributed by atoms with E-state index < -0.39 is 20.8 Å². The molecule has 0 saturated heterocycles. The van der Waals surface area contributed by atoms with E-state index in [1.165, 1.54) is 24.3 Å². The molecule has 12 heteroatoms. The molecule has 0 spiro atoms. The van der Waals surface area contributed by atoms with Crippen molar-refractivity contribution >= 4 is 81.0 Å². The van der Waals surface area contributed by atoms with Gasteiger partial charge in [-0.05, 0) is 24.4 Å². The van der Waals surface area contributed by atoms with Crippen LogP contribution in [0.25, 0.3) is 0 Å². The first-order chi connectivity index (χ1) is 10.6. The van der Waals surface area contributed by atoms with Crippen molar-refractivity contribution in [3.05, 3.63) is 34.4 Å². The van der Waals surface area contributed by atoms with E-state index in [0.29, 0.717) is 5.69 Å². The maximum absolute atomic E-state index is 11.3. The Kier molecular flexibility index (Phi) is 7.56. The number of carbonyl (C=O) groups is 1. The second-order valence-corrected chi connectivity index (χ2v) is 7.12. The van der Waals surface area contributed by atoms with Gasteiger partial charge in [-0.1, -0.05) is 34.8 Å². The van der Waals surface area contributed by atoms with Gasteiger partial charge in [-0.2, -0.15) is 0 Å². The molecule has 0 aliphatic rings. The van der Waals surface area contributed by atoms with E-state index >= 15 is 0 Å². The van der Waals surface area contributed by atoms with Crippen LogP contribution in [-0.2, 0) is 4.79 Å². The van der Waals surface area contributed by atoms with Gasteiger partial charge in [0.05, 0.1) is 4.92 Å². The Morgan fingerprint density at radius 1 is 1.26 bits per heavy atom. The van der Waals surface area contributed by atoms with Gasteiger partial charge in [-0.3, -0.25) is 14.9 Å². The van der Waals surface area contributed by atoms with E-state index in [4.69, 9.17) is 58.6 Å². The van der Waals surface area contributed by atoms with Crippen LogP contribution in [0.15, 0.2) is 24.3 Å². The molecule has 1 aromatic carbocycles. The zero-order chi connectivity index (χ0) is 17.6. The molecule has 0 aromatic heterocycles. The summed E-state index contributed by atoms with van der Waals surface area (Å²) in [5, 5.41) is 18.3. The molecule has 1 atom stereocenters. The summed E-state index contributed by atoms with van der Waals surface area (Å²) in [5.41, 5.74) is 0.405. The standard InChI is InChI=1S/C11H10Cl4N4O3S/c12-5-8(20)17-9(11(13,14)15)18-10(23)16-6-1-3-7(4-2-6)19(21)22/h1-4,9H,5H2,(H,17,20)(H2,16,18,23)/t9-/m0/s1. The quantitative estimate of drug-likeness (QED) is 0.223. The van der Waals surface area contributed by atoms with E-state index in [0.717, 1.165) is 0 Å². The third kappa shape index (κ3) is 6.92. The SMILES string of the molecule is O=C(CCl)N[C@@H](NC(=S)Nc1ccc([N+](=O)[O-])cc1)C(Cl)(Cl)Cl. The molecule has 3 N–H and O–H groups in total. The normalized spacial score (nSPS) is 12.2. The highest BCUT2D eigenvalue weighted by Crippen LogP contribution is 2.29. The summed E-state index contributed by atoms with van der Waals surface area (Å²) >= 11 is 27.7. The largest absolute Gasteiger partial charge is 0.339 e. The van der Waals surface area contributed by atoms with E-state index in [1.54, 1.807) is 0 Å². The van der Waals surface area contributed by atoms with Crippen LogP contribution in [0.4, 0.5) is 11.4 Å². The summed E-state index contributed by atoms with van der Waals surface area (Å²) < 4.78 is -1.89. The lowest BCUT2D eigenvalue weighted by molar-refractivity contribution is -0.384. The van der Waals surface area contributed by atoms with E-state index in [9.17, 15) is 14.9 Å². The summed E-state index contributed by atoms with van der Waals surface area (Å²) in [6, 6.07) is 5.50. The zero-order valence-corrected chi connectivity index (χ0v) is 15.0. The van der Waals surface area contributed by atoms with Gasteiger partial charge in [0, 0.05) is 17.8 Å². The number of nitrogens with one attached hydrogen (secondary N) is 3. The van der Waals surface area contributed by atoms with Crippen molar-refractivity contribution in [3.63, 3.8) is 0 Å². The van der Waals surface area contributed by atoms with Crippen LogP contribution in [0, 0.1) is 10.1 Å². The second kappa shape index (κ2) is 8.70. The molecular formula is C11H10Cl4N4O3S. The van der Waals surface area contributed by atoms with Gasteiger partial charge < -0.3 is 16.0 Å². The molecule has 0 aliphatic heterocycles. The van der Waals surface area contributed by atoms with Gasteiger partial charge >= 0.3 is 0 Å². The number of hydrogen-bond donors (Lipinski definition) is 3. The maximum Gasteiger partial charge on any atom is 0.269 e. The highest BCUT2D eigenvalue weighted by atomic mass is 35.6. The lowest BCUT2D eigenvalue weighted by atomic mass is 10.3. The number of alkyl halides is 4. The summed E-state index contributed by atoms with van der Waals surface area (Å²) in [7, 11) is 0. The predicted molar refractivity (Wildman–Crippen MR) is 95.4 cm³/mol. The van der Waals surface area contributed by atoms with Gasteiger partial charge in [0.2, 0.25) is 9.70 Å². The molecule has 1 amide bonds. The number of benzene rings is 1. The lowest BCUT2D eigenvalue weighted by Crippen LogP contribution is -2.56. The Bertz CT molecular complexity index is 594. The number of nitrogens with zero attached hydrogens (tertiary/aromatic N) is 1. The molecule has 1 rings (SSSR count). The highest BCUT2D eigenvalue weighted by molar-refractivity contribution is 7.80. The van der Waals surface area contributed by atoms with Crippen molar-refractivity contribution in [2.24, 2.45) is 0 Å². The number of halogens is 4. The predicted octanol–water partition coefficient (Wildman–Crippen LogP) is 2.93. The van der Waals surface area contributed by atoms with Crippen LogP contribution >= 0.6 is 58.6 Å². The molecule has 0 heterocycles. The van der Waals surface area contributed by atoms with Crippen LogP contribution in [0.5, 0.6) is 0 Å². The first-order valence-corrected chi connectivity index (χ1v) is 7.95. The number of anilines is 1. The Labute approximate surface area is 156 Å². The van der Waals surface area contributed by atoms with Gasteiger partial charge in [0.15, 0.2) is 5.11 Å². The molecule has 0 unspecified atom stereocenters. The summed E-state index contributed by atoms with van der Waals surface area (Å²) in [4.78, 5) is 21.4. The highest BCUT2D eigenvalue weighted by Gasteiger charge is 2.34. The van der Waals surface area contributed by atoms with E-state index in [-0.39, 0.29) is 16.7 Å². The van der Waals surface area contributed by atoms with Crippen LogP contribution in [0.2, 0.25) is 0 Å². The molecule has 7 nitrogen and oxygen atoms in total. The summed E-state index contributed by atoms with van der Waals surface area (Å²) in [5.74, 6) is -0.879. The Balaban J connectivity index is 2.71. The topological polar surface area (TPSA) is 96.3 Å². The van der Waals surface area contributed by atoms with Crippen molar-refractivity contribution in [1.82, 2.24) is 10.6 Å². The maximum atomic E-state index is 11.3. The first kappa shape index (κ1) is 20.0. The average Bonchev–Trinajstić information content (AvgIpc) is 2.45. The molecular weight excluding hydrogens is 410 g/mol. The molecule has 23 heavy (non-hydrogen) atoms. The minimum atomic E-state index is -1.89. The zero-order valence-electron chi connectivity index (χ0n) is 11.2. The fourth-order valence-electron chi connectivity index (χ4n) is 1.36. The Morgan fingerprint density at radius 2 is 1.83 bits per heavy atom. The van der Waals surface area contributed by atoms with Gasteiger partial charge in [-0.15, -0.1) is 11.6 Å². The number of non-ortho nitro benzene ring substituents is 1. The number of carbonyl (C=O) groups excluding carboxylic acids is 1. The molecule has 0 bridgehead atoms. The molecule has 0 fully saturated rings. The van der Waals surface area contributed by atoms with Crippen LogP contribution < -0.4 is 16.0 Å². The monoisotopic (exact) mass is 418 g/mol. The van der Waals surface area contributed by atoms with Crippen LogP contribution in [0.3, 0.4) is 0 Å². The number of nitro benzene ring substituents is 1. The van der Waals surface area contributed by atoms with Crippen LogP contribution in [0.1, 0.15) is 0 Å². The van der Waals surface area contributed by atoms with Gasteiger partial charge in [0.25, 0.3) is 5.69 Å². The average molecular weight is 420 g/mol. The van der Waals surface area contributed by atoms with Crippen molar-refractivity contribution in [3.8, 4) is 0 Å². The van der Waals surface area contributed by atoms with E-state index in [2.05, 4.69) is 16.0 Å². The summed E-state index contributed by atoms with van der Waals surface area (Å²) in [6.07, 6.45) is -1.13. The van der Waals surface area contributed by atoms with Crippen molar-refractivity contribution in [1.29, 1.82) is 0 Å². The number of thiocarbonyl (C=S) groups is 1. The molecule has 0 saturated carbocycles. The molecule has 0 radical (unpaired) electrons. The van der Waals surface area contributed by atoms with Crippen LogP contribution in [-0.4, -0.2) is 31.8 Å². The van der Waals surface area contributed by atoms with Gasteiger partial charge in [0.1, 0.15) is 12.0 Å². The Morgan fingerprint density at radius 3 is 2.26 bits per heavy atom. The minimum absolute atomic E-state index is 0.0325. The smallest absolute Gasteiger partial charge is 0.269 e. The fraction of sp³-hybridized carbons (Fsp3) is 0.273. The van der Waals surface area contributed by atoms with Gasteiger partial charge in [-0.25, -0.2) is 0 Å². The number of nitro groups is 1. The van der Waals surface area contributed by atoms with Crippen molar-refractivity contribution in [2.45, 2.75) is 9.96 Å². The molecule has 126 valence electrons. The number of hydrogen-bond acceptors (Lipinski definition) is 4. The third-order valence-corrected chi connectivity index (χ3v) is 3.48. The minimum Gasteiger partial charge on any atom is -0.339 e. The first-order valence-electron chi connectivity index (χ1n) is 5.87. The third-order valence-electron chi connectivity index (χ3n) is 2.37. The fourth-order valence-corrected chi connectivity index (χ4v) is 2.00.